The van der Waals surface area contributed by atoms with Gasteiger partial charge in [-0.2, -0.15) is 0 Å². The van der Waals surface area contributed by atoms with Crippen LogP contribution in [-0.2, 0) is 11.2 Å². The third kappa shape index (κ3) is 3.45. The zero-order valence-electron chi connectivity index (χ0n) is 12.7. The Labute approximate surface area is 157 Å². The zero-order valence-corrected chi connectivity index (χ0v) is 15.8. The smallest absolute Gasteiger partial charge is 0.293 e. The van der Waals surface area contributed by atoms with Gasteiger partial charge in [0.2, 0.25) is 5.91 Å². The first-order chi connectivity index (χ1) is 11.5. The molecule has 2 aromatic rings. The third-order valence-electron chi connectivity index (χ3n) is 3.63. The van der Waals surface area contributed by atoms with E-state index in [2.05, 4.69) is 15.9 Å². The van der Waals surface area contributed by atoms with Crippen molar-refractivity contribution in [2.75, 3.05) is 12.0 Å². The number of benzene rings is 2. The highest BCUT2D eigenvalue weighted by Gasteiger charge is 2.40. The second kappa shape index (κ2) is 7.17. The van der Waals surface area contributed by atoms with Crippen molar-refractivity contribution >= 4 is 56.1 Å². The molecule has 124 valence electrons. The van der Waals surface area contributed by atoms with Crippen LogP contribution < -0.4 is 9.64 Å². The van der Waals surface area contributed by atoms with Crippen LogP contribution in [0.3, 0.4) is 0 Å². The molecule has 0 saturated carbocycles. The molecule has 0 spiro atoms. The standard InChI is InChI=1S/C17H13BrClNO3S/c1-23-14-6-5-10(7-13(14)18)8-15-16(21)20(17(22)24-15)12-4-2-3-11(19)9-12/h2-7,9,15H,8H2,1H3/t15-/m0/s1. The van der Waals surface area contributed by atoms with Crippen LogP contribution >= 0.6 is 39.3 Å². The predicted molar refractivity (Wildman–Crippen MR) is 100 cm³/mol. The van der Waals surface area contributed by atoms with Crippen LogP contribution in [-0.4, -0.2) is 23.5 Å². The number of hydrogen-bond acceptors (Lipinski definition) is 4. The van der Waals surface area contributed by atoms with E-state index in [0.717, 1.165) is 27.5 Å². The van der Waals surface area contributed by atoms with Crippen LogP contribution in [0.5, 0.6) is 5.75 Å². The minimum atomic E-state index is -0.447. The van der Waals surface area contributed by atoms with Gasteiger partial charge >= 0.3 is 0 Å². The molecule has 1 atom stereocenters. The maximum atomic E-state index is 12.6. The number of amides is 2. The molecule has 7 heteroatoms. The Balaban J connectivity index is 1.80. The second-order valence-corrected chi connectivity index (χ2v) is 7.64. The molecule has 0 N–H and O–H groups in total. The average Bonchev–Trinajstić information content (AvgIpc) is 2.81. The minimum absolute atomic E-state index is 0.223. The lowest BCUT2D eigenvalue weighted by Gasteiger charge is -2.14. The van der Waals surface area contributed by atoms with Gasteiger partial charge in [0.15, 0.2) is 0 Å². The largest absolute Gasteiger partial charge is 0.496 e. The van der Waals surface area contributed by atoms with Crippen LogP contribution in [0.2, 0.25) is 5.02 Å². The Bertz CT molecular complexity index is 814. The number of methoxy groups -OCH3 is 1. The first-order valence-electron chi connectivity index (χ1n) is 7.12. The summed E-state index contributed by atoms with van der Waals surface area (Å²) >= 11 is 10.4. The van der Waals surface area contributed by atoms with E-state index in [-0.39, 0.29) is 11.1 Å². The highest BCUT2D eigenvalue weighted by atomic mass is 79.9. The molecule has 2 amide bonds. The predicted octanol–water partition coefficient (Wildman–Crippen LogP) is 4.92. The average molecular weight is 427 g/mol. The highest BCUT2D eigenvalue weighted by molar-refractivity contribution is 9.10. The van der Waals surface area contributed by atoms with Gasteiger partial charge < -0.3 is 4.74 Å². The Morgan fingerprint density at radius 3 is 2.71 bits per heavy atom. The molecule has 4 nitrogen and oxygen atoms in total. The molecule has 1 aliphatic heterocycles. The zero-order chi connectivity index (χ0) is 17.3. The molecule has 2 aromatic carbocycles. The van der Waals surface area contributed by atoms with E-state index in [1.165, 1.54) is 4.90 Å². The Morgan fingerprint density at radius 1 is 1.25 bits per heavy atom. The molecule has 1 aliphatic rings. The van der Waals surface area contributed by atoms with E-state index in [1.807, 2.05) is 18.2 Å². The fourth-order valence-corrected chi connectivity index (χ4v) is 4.29. The van der Waals surface area contributed by atoms with Gasteiger partial charge in [-0.1, -0.05) is 35.5 Å². The van der Waals surface area contributed by atoms with Gasteiger partial charge in [0.1, 0.15) is 5.75 Å². The molecule has 24 heavy (non-hydrogen) atoms. The summed E-state index contributed by atoms with van der Waals surface area (Å²) in [6.45, 7) is 0. The van der Waals surface area contributed by atoms with Crippen molar-refractivity contribution in [3.8, 4) is 5.75 Å². The van der Waals surface area contributed by atoms with Crippen LogP contribution in [0, 0.1) is 0 Å². The summed E-state index contributed by atoms with van der Waals surface area (Å²) in [5.74, 6) is 0.500. The van der Waals surface area contributed by atoms with Gasteiger partial charge in [0, 0.05) is 5.02 Å². The van der Waals surface area contributed by atoms with Gasteiger partial charge in [-0.3, -0.25) is 9.59 Å². The van der Waals surface area contributed by atoms with E-state index in [0.29, 0.717) is 17.1 Å². The number of anilines is 1. The van der Waals surface area contributed by atoms with Crippen LogP contribution in [0.25, 0.3) is 0 Å². The topological polar surface area (TPSA) is 46.6 Å². The number of imide groups is 1. The van der Waals surface area contributed by atoms with Gasteiger partial charge in [-0.15, -0.1) is 0 Å². The summed E-state index contributed by atoms with van der Waals surface area (Å²) < 4.78 is 6.02. The molecule has 0 radical (unpaired) electrons. The van der Waals surface area contributed by atoms with Crippen molar-refractivity contribution in [2.24, 2.45) is 0 Å². The Morgan fingerprint density at radius 2 is 2.04 bits per heavy atom. The van der Waals surface area contributed by atoms with E-state index in [4.69, 9.17) is 16.3 Å². The van der Waals surface area contributed by atoms with Crippen LogP contribution in [0.1, 0.15) is 5.56 Å². The lowest BCUT2D eigenvalue weighted by atomic mass is 10.1. The second-order valence-electron chi connectivity index (χ2n) is 5.20. The lowest BCUT2D eigenvalue weighted by molar-refractivity contribution is -0.117. The van der Waals surface area contributed by atoms with Crippen molar-refractivity contribution in [2.45, 2.75) is 11.7 Å². The van der Waals surface area contributed by atoms with E-state index < -0.39 is 5.25 Å². The quantitative estimate of drug-likeness (QED) is 0.696. The summed E-state index contributed by atoms with van der Waals surface area (Å²) in [4.78, 5) is 26.1. The summed E-state index contributed by atoms with van der Waals surface area (Å²) in [6, 6.07) is 12.4. The van der Waals surface area contributed by atoms with Crippen LogP contribution in [0.4, 0.5) is 10.5 Å². The number of hydrogen-bond donors (Lipinski definition) is 0. The summed E-state index contributed by atoms with van der Waals surface area (Å²) in [5, 5.41) is -0.239. The maximum absolute atomic E-state index is 12.6. The van der Waals surface area contributed by atoms with Crippen molar-refractivity contribution < 1.29 is 14.3 Å². The van der Waals surface area contributed by atoms with Gasteiger partial charge in [0.25, 0.3) is 5.24 Å². The molecule has 0 unspecified atom stereocenters. The monoisotopic (exact) mass is 425 g/mol. The number of rotatable bonds is 4. The first-order valence-corrected chi connectivity index (χ1v) is 9.17. The molecule has 1 fully saturated rings. The van der Waals surface area contributed by atoms with Gasteiger partial charge in [-0.05, 0) is 58.2 Å². The molecular formula is C17H13BrClNO3S. The van der Waals surface area contributed by atoms with E-state index in [1.54, 1.807) is 31.4 Å². The molecule has 0 bridgehead atoms. The van der Waals surface area contributed by atoms with Crippen molar-refractivity contribution in [3.63, 3.8) is 0 Å². The molecule has 0 aliphatic carbocycles. The first kappa shape index (κ1) is 17.3. The number of carbonyl (C=O) groups excluding carboxylic acids is 2. The molecular weight excluding hydrogens is 414 g/mol. The number of ether oxygens (including phenoxy) is 1. The molecule has 0 aromatic heterocycles. The lowest BCUT2D eigenvalue weighted by Crippen LogP contribution is -2.32. The molecule has 3 rings (SSSR count). The number of carbonyl (C=O) groups is 2. The Hall–Kier alpha value is -1.50. The normalized spacial score (nSPS) is 17.5. The van der Waals surface area contributed by atoms with E-state index >= 15 is 0 Å². The fraction of sp³-hybridized carbons (Fsp3) is 0.176. The van der Waals surface area contributed by atoms with Gasteiger partial charge in [0.05, 0.1) is 22.5 Å². The minimum Gasteiger partial charge on any atom is -0.496 e. The summed E-state index contributed by atoms with van der Waals surface area (Å²) in [5.41, 5.74) is 1.46. The van der Waals surface area contributed by atoms with Gasteiger partial charge in [-0.25, -0.2) is 4.90 Å². The highest BCUT2D eigenvalue weighted by Crippen LogP contribution is 2.35. The molecule has 1 saturated heterocycles. The number of nitrogens with zero attached hydrogens (tertiary/aromatic N) is 1. The fourth-order valence-electron chi connectivity index (χ4n) is 2.49. The van der Waals surface area contributed by atoms with Crippen molar-refractivity contribution in [3.05, 3.63) is 57.5 Å². The molecule has 1 heterocycles. The summed E-state index contributed by atoms with van der Waals surface area (Å²) in [7, 11) is 1.59. The maximum Gasteiger partial charge on any atom is 0.293 e. The van der Waals surface area contributed by atoms with E-state index in [9.17, 15) is 9.59 Å². The summed E-state index contributed by atoms with van der Waals surface area (Å²) in [6.07, 6.45) is 0.467. The number of thioether (sulfide) groups is 1. The SMILES string of the molecule is COc1ccc(C[C@@H]2SC(=O)N(c3cccc(Cl)c3)C2=O)cc1Br. The van der Waals surface area contributed by atoms with Crippen molar-refractivity contribution in [1.82, 2.24) is 0 Å². The Kier molecular flexibility index (Phi) is 5.18. The van der Waals surface area contributed by atoms with Crippen LogP contribution in [0.15, 0.2) is 46.9 Å². The number of halogens is 2. The van der Waals surface area contributed by atoms with Crippen molar-refractivity contribution in [1.29, 1.82) is 0 Å². The third-order valence-corrected chi connectivity index (χ3v) is 5.52.